The van der Waals surface area contributed by atoms with Crippen LogP contribution >= 0.6 is 0 Å². The molecule has 1 fully saturated rings. The van der Waals surface area contributed by atoms with Gasteiger partial charge in [0.1, 0.15) is 5.76 Å². The van der Waals surface area contributed by atoms with Gasteiger partial charge in [0.15, 0.2) is 5.78 Å². The van der Waals surface area contributed by atoms with Gasteiger partial charge in [0, 0.05) is 11.8 Å². The summed E-state index contributed by atoms with van der Waals surface area (Å²) in [6.07, 6.45) is 2.24. The molecule has 1 saturated carbocycles. The maximum absolute atomic E-state index is 13.4. The minimum atomic E-state index is -0.737. The van der Waals surface area contributed by atoms with Crippen molar-refractivity contribution in [1.82, 2.24) is 0 Å². The number of benzene rings is 1. The third-order valence-corrected chi connectivity index (χ3v) is 5.58. The summed E-state index contributed by atoms with van der Waals surface area (Å²) in [7, 11) is 0. The highest BCUT2D eigenvalue weighted by Gasteiger charge is 2.49. The molecule has 0 bridgehead atoms. The first-order chi connectivity index (χ1) is 12.9. The first-order valence-electron chi connectivity index (χ1n) is 9.83. The number of hydrogen-bond donors (Lipinski definition) is 0. The van der Waals surface area contributed by atoms with E-state index < -0.39 is 6.16 Å². The minimum absolute atomic E-state index is 0.0752. The number of hydrogen-bond acceptors (Lipinski definition) is 4. The topological polar surface area (TPSA) is 52.6 Å². The maximum Gasteiger partial charge on any atom is 0.513 e. The maximum atomic E-state index is 13.4. The molecular formula is C23H28O4. The molecule has 2 aliphatic carbocycles. The van der Waals surface area contributed by atoms with E-state index in [-0.39, 0.29) is 24.2 Å². The van der Waals surface area contributed by atoms with Gasteiger partial charge in [-0.25, -0.2) is 4.79 Å². The molecular weight excluding hydrogens is 340 g/mol. The number of Topliss-reactive ketones (excluding diaryl/α,β-unsaturated/α-hetero) is 1. The van der Waals surface area contributed by atoms with Gasteiger partial charge in [-0.1, -0.05) is 43.7 Å². The lowest BCUT2D eigenvalue weighted by molar-refractivity contribution is -0.117. The molecule has 0 saturated heterocycles. The van der Waals surface area contributed by atoms with Crippen LogP contribution in [0.15, 0.2) is 30.0 Å². The summed E-state index contributed by atoms with van der Waals surface area (Å²) in [6.45, 7) is 12.3. The van der Waals surface area contributed by atoms with Crippen LogP contribution in [0.5, 0.6) is 0 Å². The lowest BCUT2D eigenvalue weighted by Crippen LogP contribution is -2.14. The van der Waals surface area contributed by atoms with Crippen LogP contribution in [0.1, 0.15) is 55.9 Å². The largest absolute Gasteiger partial charge is 0.513 e. The molecule has 0 heterocycles. The molecule has 0 N–H and O–H groups in total. The van der Waals surface area contributed by atoms with E-state index in [1.165, 1.54) is 5.56 Å². The van der Waals surface area contributed by atoms with Gasteiger partial charge in [-0.15, -0.1) is 0 Å². The number of carbonyl (C=O) groups is 2. The van der Waals surface area contributed by atoms with Crippen molar-refractivity contribution in [3.8, 4) is 0 Å². The molecule has 0 aliphatic heterocycles. The monoisotopic (exact) mass is 368 g/mol. The molecule has 4 nitrogen and oxygen atoms in total. The minimum Gasteiger partial charge on any atom is -0.434 e. The number of aryl methyl sites for hydroxylation is 3. The quantitative estimate of drug-likeness (QED) is 0.531. The molecule has 0 amide bonds. The number of fused-ring (bicyclic) bond motifs is 1. The average molecular weight is 368 g/mol. The third kappa shape index (κ3) is 3.45. The predicted molar refractivity (Wildman–Crippen MR) is 105 cm³/mol. The number of carbonyl (C=O) groups excluding carboxylic acids is 2. The Morgan fingerprint density at radius 3 is 2.26 bits per heavy atom. The normalized spacial score (nSPS) is 21.6. The van der Waals surface area contributed by atoms with Crippen LogP contribution < -0.4 is 0 Å². The Balaban J connectivity index is 2.20. The summed E-state index contributed by atoms with van der Waals surface area (Å²) < 4.78 is 10.6. The van der Waals surface area contributed by atoms with E-state index in [2.05, 4.69) is 39.5 Å². The fourth-order valence-electron chi connectivity index (χ4n) is 4.46. The van der Waals surface area contributed by atoms with E-state index in [4.69, 9.17) is 9.47 Å². The molecule has 0 radical (unpaired) electrons. The van der Waals surface area contributed by atoms with Crippen molar-refractivity contribution in [2.75, 3.05) is 6.61 Å². The number of ether oxygens (including phenoxy) is 2. The van der Waals surface area contributed by atoms with E-state index in [0.717, 1.165) is 35.1 Å². The predicted octanol–water partition coefficient (Wildman–Crippen LogP) is 5.17. The van der Waals surface area contributed by atoms with E-state index in [1.807, 2.05) is 0 Å². The van der Waals surface area contributed by atoms with Gasteiger partial charge in [0.05, 0.1) is 12.2 Å². The van der Waals surface area contributed by atoms with Crippen LogP contribution in [0.3, 0.4) is 0 Å². The average Bonchev–Trinajstić information content (AvgIpc) is 3.12. The molecule has 2 atom stereocenters. The van der Waals surface area contributed by atoms with Gasteiger partial charge in [-0.05, 0) is 56.2 Å². The van der Waals surface area contributed by atoms with Crippen LogP contribution in [-0.4, -0.2) is 18.5 Å². The zero-order chi connectivity index (χ0) is 19.7. The Labute approximate surface area is 161 Å². The molecule has 27 heavy (non-hydrogen) atoms. The van der Waals surface area contributed by atoms with Gasteiger partial charge in [0.25, 0.3) is 0 Å². The van der Waals surface area contributed by atoms with Gasteiger partial charge in [-0.3, -0.25) is 4.79 Å². The summed E-state index contributed by atoms with van der Waals surface area (Å²) in [5.41, 5.74) is 6.00. The number of ketones is 1. The Morgan fingerprint density at radius 2 is 1.70 bits per heavy atom. The molecule has 0 aromatic heterocycles. The first kappa shape index (κ1) is 19.4. The fourth-order valence-corrected chi connectivity index (χ4v) is 4.46. The van der Waals surface area contributed by atoms with Crippen LogP contribution in [0, 0.1) is 18.8 Å². The Hall–Kier alpha value is -2.36. The highest BCUT2D eigenvalue weighted by molar-refractivity contribution is 6.26. The van der Waals surface area contributed by atoms with Crippen LogP contribution in [0.25, 0.3) is 5.57 Å². The molecule has 1 aromatic rings. The Morgan fingerprint density at radius 1 is 1.11 bits per heavy atom. The lowest BCUT2D eigenvalue weighted by Gasteiger charge is -2.18. The van der Waals surface area contributed by atoms with Crippen LogP contribution in [-0.2, 0) is 27.1 Å². The second-order valence-electron chi connectivity index (χ2n) is 7.43. The molecule has 144 valence electrons. The highest BCUT2D eigenvalue weighted by atomic mass is 16.7. The number of rotatable bonds is 5. The van der Waals surface area contributed by atoms with Crippen LogP contribution in [0.4, 0.5) is 4.79 Å². The van der Waals surface area contributed by atoms with E-state index in [0.29, 0.717) is 24.2 Å². The number of allylic oxidation sites excluding steroid dienone is 3. The molecule has 3 rings (SSSR count). The summed E-state index contributed by atoms with van der Waals surface area (Å²) in [6, 6.07) is 4.26. The van der Waals surface area contributed by atoms with E-state index >= 15 is 0 Å². The molecule has 4 heteroatoms. The third-order valence-electron chi connectivity index (χ3n) is 5.58. The van der Waals surface area contributed by atoms with E-state index in [9.17, 15) is 9.59 Å². The smallest absolute Gasteiger partial charge is 0.434 e. The summed E-state index contributed by atoms with van der Waals surface area (Å²) >= 11 is 0. The van der Waals surface area contributed by atoms with Gasteiger partial charge < -0.3 is 9.47 Å². The van der Waals surface area contributed by atoms with Crippen molar-refractivity contribution in [2.45, 2.75) is 53.4 Å². The summed E-state index contributed by atoms with van der Waals surface area (Å²) in [5.74, 6) is 0.273. The van der Waals surface area contributed by atoms with Crippen molar-refractivity contribution in [3.05, 3.63) is 52.3 Å². The molecule has 2 aliphatic rings. The molecule has 2 unspecified atom stereocenters. The van der Waals surface area contributed by atoms with Crippen molar-refractivity contribution < 1.29 is 19.1 Å². The van der Waals surface area contributed by atoms with Crippen molar-refractivity contribution in [2.24, 2.45) is 11.8 Å². The first-order valence-corrected chi connectivity index (χ1v) is 9.83. The zero-order valence-electron chi connectivity index (χ0n) is 16.7. The zero-order valence-corrected chi connectivity index (χ0v) is 16.7. The van der Waals surface area contributed by atoms with Gasteiger partial charge >= 0.3 is 6.16 Å². The van der Waals surface area contributed by atoms with Crippen molar-refractivity contribution >= 4 is 17.5 Å². The Kier molecular flexibility index (Phi) is 5.54. The molecule has 0 spiro atoms. The lowest BCUT2D eigenvalue weighted by atomic mass is 9.87. The van der Waals surface area contributed by atoms with Crippen molar-refractivity contribution in [1.29, 1.82) is 0 Å². The van der Waals surface area contributed by atoms with Gasteiger partial charge in [0.2, 0.25) is 0 Å². The molecule has 1 aromatic carbocycles. The second kappa shape index (κ2) is 7.71. The van der Waals surface area contributed by atoms with Gasteiger partial charge in [-0.2, -0.15) is 0 Å². The SMILES string of the molecule is C=C1CC2C(=O)C(c3c(CC)cc(C)cc3CC)=C(OC(=O)OCC)C2C1. The summed E-state index contributed by atoms with van der Waals surface area (Å²) in [5, 5.41) is 0. The second-order valence-corrected chi connectivity index (χ2v) is 7.43. The van der Waals surface area contributed by atoms with Crippen LogP contribution in [0.2, 0.25) is 0 Å². The van der Waals surface area contributed by atoms with Crippen molar-refractivity contribution in [3.63, 3.8) is 0 Å². The standard InChI is InChI=1S/C23H28O4/c1-6-15-9-13(4)10-16(7-2)19(15)20-21(24)17-11-14(5)12-18(17)22(20)27-23(25)26-8-3/h9-10,17-18H,5-8,11-12H2,1-4H3. The fraction of sp³-hybridized carbons (Fsp3) is 0.478. The van der Waals surface area contributed by atoms with E-state index in [1.54, 1.807) is 6.92 Å². The highest BCUT2D eigenvalue weighted by Crippen LogP contribution is 2.51. The Bertz CT molecular complexity index is 806. The summed E-state index contributed by atoms with van der Waals surface area (Å²) in [4.78, 5) is 25.5.